The lowest BCUT2D eigenvalue weighted by Gasteiger charge is -2.33. The van der Waals surface area contributed by atoms with Gasteiger partial charge in [0.05, 0.1) is 0 Å². The van der Waals surface area contributed by atoms with Gasteiger partial charge in [-0.3, -0.25) is 0 Å². The van der Waals surface area contributed by atoms with E-state index in [1.54, 1.807) is 24.3 Å². The zero-order chi connectivity index (χ0) is 18.4. The number of nitrogens with zero attached hydrogens (tertiary/aromatic N) is 1. The van der Waals surface area contributed by atoms with E-state index in [4.69, 9.17) is 32.7 Å². The third-order valence-electron chi connectivity index (χ3n) is 4.38. The van der Waals surface area contributed by atoms with E-state index < -0.39 is 6.10 Å². The molecule has 1 fully saturated rings. The zero-order valence-corrected chi connectivity index (χ0v) is 16.0. The van der Waals surface area contributed by atoms with Crippen LogP contribution in [0.15, 0.2) is 48.5 Å². The molecule has 0 bridgehead atoms. The van der Waals surface area contributed by atoms with E-state index in [0.717, 1.165) is 31.7 Å². The molecule has 0 amide bonds. The van der Waals surface area contributed by atoms with E-state index in [2.05, 4.69) is 4.90 Å². The minimum atomic E-state index is -0.528. The highest BCUT2D eigenvalue weighted by atomic mass is 35.5. The largest absolute Gasteiger partial charge is 0.491 e. The number of piperidine rings is 1. The van der Waals surface area contributed by atoms with Crippen LogP contribution in [0.4, 0.5) is 0 Å². The zero-order valence-electron chi connectivity index (χ0n) is 14.5. The van der Waals surface area contributed by atoms with Gasteiger partial charge in [0.15, 0.2) is 0 Å². The first kappa shape index (κ1) is 19.3. The molecule has 1 aliphatic rings. The van der Waals surface area contributed by atoms with Gasteiger partial charge >= 0.3 is 0 Å². The molecule has 2 aromatic rings. The number of ether oxygens (including phenoxy) is 2. The van der Waals surface area contributed by atoms with Gasteiger partial charge in [0.25, 0.3) is 0 Å². The fourth-order valence-corrected chi connectivity index (χ4v) is 3.24. The second-order valence-electron chi connectivity index (χ2n) is 6.49. The van der Waals surface area contributed by atoms with E-state index in [0.29, 0.717) is 22.3 Å². The molecule has 140 valence electrons. The van der Waals surface area contributed by atoms with Crippen LogP contribution in [-0.4, -0.2) is 48.5 Å². The Kier molecular flexibility index (Phi) is 7.03. The SMILES string of the molecule is OC(COc1ccc(Cl)cc1)CN1CCC(Oc2ccc(Cl)cc2)CC1. The number of β-amino-alcohol motifs (C(OH)–C–C–N with tert-alkyl or cyclic N) is 1. The summed E-state index contributed by atoms with van der Waals surface area (Å²) in [5.74, 6) is 1.56. The molecule has 0 saturated carbocycles. The molecule has 1 saturated heterocycles. The van der Waals surface area contributed by atoms with Crippen LogP contribution in [0.2, 0.25) is 10.0 Å². The van der Waals surface area contributed by atoms with E-state index >= 15 is 0 Å². The summed E-state index contributed by atoms with van der Waals surface area (Å²) in [6.45, 7) is 2.66. The lowest BCUT2D eigenvalue weighted by Crippen LogP contribution is -2.43. The maximum atomic E-state index is 10.2. The van der Waals surface area contributed by atoms with Gasteiger partial charge in [-0.25, -0.2) is 0 Å². The molecule has 1 aliphatic heterocycles. The number of benzene rings is 2. The van der Waals surface area contributed by atoms with Crippen molar-refractivity contribution in [3.05, 3.63) is 58.6 Å². The predicted molar refractivity (Wildman–Crippen MR) is 104 cm³/mol. The Morgan fingerprint density at radius 2 is 1.46 bits per heavy atom. The standard InChI is InChI=1S/C20H23Cl2NO3/c21-15-1-5-18(6-2-15)25-14-17(24)13-23-11-9-20(10-12-23)26-19-7-3-16(22)4-8-19/h1-8,17,20,24H,9-14H2. The van der Waals surface area contributed by atoms with Gasteiger partial charge in [0.2, 0.25) is 0 Å². The molecule has 4 nitrogen and oxygen atoms in total. The average Bonchev–Trinajstić information content (AvgIpc) is 2.65. The molecular weight excluding hydrogens is 373 g/mol. The Hall–Kier alpha value is -1.46. The highest BCUT2D eigenvalue weighted by Crippen LogP contribution is 2.21. The van der Waals surface area contributed by atoms with Crippen LogP contribution in [0.25, 0.3) is 0 Å². The van der Waals surface area contributed by atoms with Crippen LogP contribution in [0.5, 0.6) is 11.5 Å². The Morgan fingerprint density at radius 3 is 2.04 bits per heavy atom. The lowest BCUT2D eigenvalue weighted by molar-refractivity contribution is 0.0401. The van der Waals surface area contributed by atoms with Crippen molar-refractivity contribution in [1.82, 2.24) is 4.90 Å². The van der Waals surface area contributed by atoms with Gasteiger partial charge in [0, 0.05) is 29.7 Å². The molecule has 6 heteroatoms. The van der Waals surface area contributed by atoms with E-state index in [1.165, 1.54) is 0 Å². The van der Waals surface area contributed by atoms with Crippen LogP contribution in [0.1, 0.15) is 12.8 Å². The summed E-state index contributed by atoms with van der Waals surface area (Å²) in [5.41, 5.74) is 0. The molecule has 1 unspecified atom stereocenters. The molecule has 0 aromatic heterocycles. The van der Waals surface area contributed by atoms with Gasteiger partial charge in [-0.1, -0.05) is 23.2 Å². The van der Waals surface area contributed by atoms with Crippen molar-refractivity contribution in [2.75, 3.05) is 26.2 Å². The smallest absolute Gasteiger partial charge is 0.119 e. The van der Waals surface area contributed by atoms with Crippen molar-refractivity contribution < 1.29 is 14.6 Å². The molecule has 26 heavy (non-hydrogen) atoms. The van der Waals surface area contributed by atoms with Crippen LogP contribution in [0.3, 0.4) is 0 Å². The summed E-state index contributed by atoms with van der Waals surface area (Å²) < 4.78 is 11.6. The lowest BCUT2D eigenvalue weighted by atomic mass is 10.1. The molecule has 3 rings (SSSR count). The van der Waals surface area contributed by atoms with Gasteiger partial charge in [-0.05, 0) is 61.4 Å². The van der Waals surface area contributed by atoms with Crippen molar-refractivity contribution in [3.8, 4) is 11.5 Å². The summed E-state index contributed by atoms with van der Waals surface area (Å²) in [6, 6.07) is 14.6. The number of likely N-dealkylation sites (tertiary alicyclic amines) is 1. The number of halogens is 2. The first-order valence-corrected chi connectivity index (χ1v) is 9.55. The van der Waals surface area contributed by atoms with Crippen molar-refractivity contribution in [2.45, 2.75) is 25.0 Å². The number of aliphatic hydroxyl groups excluding tert-OH is 1. The summed E-state index contributed by atoms with van der Waals surface area (Å²) in [6.07, 6.45) is 1.55. The maximum Gasteiger partial charge on any atom is 0.119 e. The van der Waals surface area contributed by atoms with Crippen LogP contribution in [0, 0.1) is 0 Å². The van der Waals surface area contributed by atoms with Crippen molar-refractivity contribution in [1.29, 1.82) is 0 Å². The molecule has 2 aromatic carbocycles. The van der Waals surface area contributed by atoms with Crippen LogP contribution >= 0.6 is 23.2 Å². The normalized spacial score (nSPS) is 17.0. The minimum absolute atomic E-state index is 0.204. The summed E-state index contributed by atoms with van der Waals surface area (Å²) >= 11 is 11.7. The monoisotopic (exact) mass is 395 g/mol. The van der Waals surface area contributed by atoms with E-state index in [-0.39, 0.29) is 12.7 Å². The molecule has 1 N–H and O–H groups in total. The highest BCUT2D eigenvalue weighted by Gasteiger charge is 2.22. The Morgan fingerprint density at radius 1 is 0.923 bits per heavy atom. The second-order valence-corrected chi connectivity index (χ2v) is 7.36. The van der Waals surface area contributed by atoms with E-state index in [9.17, 15) is 5.11 Å². The fraction of sp³-hybridized carbons (Fsp3) is 0.400. The maximum absolute atomic E-state index is 10.2. The van der Waals surface area contributed by atoms with Crippen LogP contribution < -0.4 is 9.47 Å². The van der Waals surface area contributed by atoms with Crippen LogP contribution in [-0.2, 0) is 0 Å². The van der Waals surface area contributed by atoms with Crippen molar-refractivity contribution >= 4 is 23.2 Å². The topological polar surface area (TPSA) is 41.9 Å². The first-order chi connectivity index (χ1) is 12.6. The van der Waals surface area contributed by atoms with Gasteiger partial charge < -0.3 is 19.5 Å². The second kappa shape index (κ2) is 9.47. The summed E-state index contributed by atoms with van der Waals surface area (Å²) in [4.78, 5) is 2.25. The van der Waals surface area contributed by atoms with Gasteiger partial charge in [-0.2, -0.15) is 0 Å². The molecule has 0 radical (unpaired) electrons. The third kappa shape index (κ3) is 6.06. The minimum Gasteiger partial charge on any atom is -0.491 e. The molecular formula is C20H23Cl2NO3. The average molecular weight is 396 g/mol. The molecule has 0 aliphatic carbocycles. The first-order valence-electron chi connectivity index (χ1n) is 8.79. The predicted octanol–water partition coefficient (Wildman–Crippen LogP) is 4.28. The Balaban J connectivity index is 1.36. The van der Waals surface area contributed by atoms with Gasteiger partial charge in [-0.15, -0.1) is 0 Å². The number of hydrogen-bond donors (Lipinski definition) is 1. The van der Waals surface area contributed by atoms with Crippen molar-refractivity contribution in [3.63, 3.8) is 0 Å². The molecule has 0 spiro atoms. The Bertz CT molecular complexity index is 670. The number of hydrogen-bond acceptors (Lipinski definition) is 4. The quantitative estimate of drug-likeness (QED) is 0.759. The number of aliphatic hydroxyl groups is 1. The summed E-state index contributed by atoms with van der Waals surface area (Å²) in [5, 5.41) is 11.6. The highest BCUT2D eigenvalue weighted by molar-refractivity contribution is 6.30. The molecule has 1 atom stereocenters. The summed E-state index contributed by atoms with van der Waals surface area (Å²) in [7, 11) is 0. The number of rotatable bonds is 7. The third-order valence-corrected chi connectivity index (χ3v) is 4.88. The van der Waals surface area contributed by atoms with E-state index in [1.807, 2.05) is 24.3 Å². The van der Waals surface area contributed by atoms with Crippen molar-refractivity contribution in [2.24, 2.45) is 0 Å². The molecule has 1 heterocycles. The fourth-order valence-electron chi connectivity index (χ4n) is 2.99. The Labute approximate surface area is 164 Å². The van der Waals surface area contributed by atoms with Gasteiger partial charge in [0.1, 0.15) is 30.3 Å².